The van der Waals surface area contributed by atoms with Gasteiger partial charge >= 0.3 is 0 Å². The Kier molecular flexibility index (Phi) is 42.3. The molecule has 2 aromatic carbocycles. The number of nitrogens with zero attached hydrogens (tertiary/aromatic N) is 2. The quantitative estimate of drug-likeness (QED) is 0.0359. The second-order valence-corrected chi connectivity index (χ2v) is 20.4. The third-order valence-electron chi connectivity index (χ3n) is 14.1. The maximum absolute atomic E-state index is 5.45. The average molecular weight is 920 g/mol. The van der Waals surface area contributed by atoms with Gasteiger partial charge in [-0.25, -0.2) is 0 Å². The summed E-state index contributed by atoms with van der Waals surface area (Å²) in [5, 5.41) is 0. The summed E-state index contributed by atoms with van der Waals surface area (Å²) in [4.78, 5) is 10.8. The van der Waals surface area contributed by atoms with E-state index in [2.05, 4.69) is 101 Å². The molecule has 0 saturated carbocycles. The SMILES string of the molecule is CCCCCCCCCCCCCCCCC/C=C/CCCc1ccccc1N=C(CC)C(CCCCC)=Nc1ccccc1CCC/C=C/CCCCCCCCCCCCCCCCC. The summed E-state index contributed by atoms with van der Waals surface area (Å²) in [6.07, 6.45) is 67.4. The Labute approximate surface area is 418 Å². The number of benzene rings is 2. The minimum Gasteiger partial charge on any atom is -0.251 e. The largest absolute Gasteiger partial charge is 0.251 e. The van der Waals surface area contributed by atoms with Crippen LogP contribution in [0.5, 0.6) is 0 Å². The second-order valence-electron chi connectivity index (χ2n) is 20.4. The van der Waals surface area contributed by atoms with Crippen molar-refractivity contribution in [2.45, 2.75) is 304 Å². The van der Waals surface area contributed by atoms with Crippen LogP contribution in [-0.4, -0.2) is 11.4 Å². The molecule has 0 aliphatic carbocycles. The average Bonchev–Trinajstić information content (AvgIpc) is 3.35. The van der Waals surface area contributed by atoms with Crippen LogP contribution in [0.3, 0.4) is 0 Å². The Morgan fingerprint density at radius 2 is 0.597 bits per heavy atom. The Bertz CT molecular complexity index is 1490. The molecule has 0 saturated heterocycles. The molecule has 0 radical (unpaired) electrons. The lowest BCUT2D eigenvalue weighted by molar-refractivity contribution is 0.533. The predicted octanol–water partition coefficient (Wildman–Crippen LogP) is 22.8. The van der Waals surface area contributed by atoms with Crippen LogP contribution < -0.4 is 0 Å². The van der Waals surface area contributed by atoms with Crippen molar-refractivity contribution in [3.05, 3.63) is 84.0 Å². The van der Waals surface area contributed by atoms with Crippen LogP contribution in [0, 0.1) is 0 Å². The lowest BCUT2D eigenvalue weighted by Gasteiger charge is -2.13. The summed E-state index contributed by atoms with van der Waals surface area (Å²) >= 11 is 0. The number of aliphatic imine (C=N–C) groups is 2. The summed E-state index contributed by atoms with van der Waals surface area (Å²) in [6.45, 7) is 9.17. The van der Waals surface area contributed by atoms with E-state index in [1.807, 2.05) is 0 Å². The molecule has 0 heterocycles. The predicted molar refractivity (Wildman–Crippen MR) is 305 cm³/mol. The number of allylic oxidation sites excluding steroid dienone is 4. The highest BCUT2D eigenvalue weighted by atomic mass is 14.8. The maximum atomic E-state index is 5.45. The Balaban J connectivity index is 1.73. The van der Waals surface area contributed by atoms with E-state index in [0.717, 1.165) is 62.0 Å². The maximum Gasteiger partial charge on any atom is 0.0665 e. The first-order chi connectivity index (χ1) is 33.2. The van der Waals surface area contributed by atoms with Crippen molar-refractivity contribution in [1.82, 2.24) is 0 Å². The molecule has 0 aliphatic rings. The fraction of sp³-hybridized carbons (Fsp3) is 0.723. The van der Waals surface area contributed by atoms with E-state index in [0.29, 0.717) is 0 Å². The standard InChI is InChI=1S/C65H110N2/c1-5-9-12-14-16-18-20-22-24-26-28-30-32-34-36-38-40-42-44-47-53-60-55-49-51-57-63(60)66-62(8-4)65(59-46-11-7-3)67-64-58-52-50-56-61(64)54-48-45-43-41-39-37-35-33-31-29-27-25-23-21-19-17-15-13-10-6-2/h40-43,49-52,55-58H,5-39,44-48,53-54,59H2,1-4H3/b42-40+,43-41+,66-62?,67-65?. The molecule has 0 aliphatic heterocycles. The van der Waals surface area contributed by atoms with Crippen molar-refractivity contribution in [1.29, 1.82) is 0 Å². The van der Waals surface area contributed by atoms with Gasteiger partial charge in [-0.3, -0.25) is 9.98 Å². The van der Waals surface area contributed by atoms with Crippen molar-refractivity contribution < 1.29 is 0 Å². The molecule has 0 atom stereocenters. The van der Waals surface area contributed by atoms with Crippen LogP contribution in [0.2, 0.25) is 0 Å². The fourth-order valence-electron chi connectivity index (χ4n) is 9.67. The van der Waals surface area contributed by atoms with Gasteiger partial charge in [-0.05, 0) is 107 Å². The van der Waals surface area contributed by atoms with Crippen molar-refractivity contribution >= 4 is 22.8 Å². The molecule has 380 valence electrons. The van der Waals surface area contributed by atoms with Gasteiger partial charge in [-0.1, -0.05) is 281 Å². The molecular formula is C65H110N2. The third-order valence-corrected chi connectivity index (χ3v) is 14.1. The van der Waals surface area contributed by atoms with Gasteiger partial charge < -0.3 is 0 Å². The zero-order valence-corrected chi connectivity index (χ0v) is 45.2. The molecule has 2 aromatic rings. The second kappa shape index (κ2) is 47.0. The number of hydrogen-bond donors (Lipinski definition) is 0. The van der Waals surface area contributed by atoms with E-state index in [-0.39, 0.29) is 0 Å². The summed E-state index contributed by atoms with van der Waals surface area (Å²) in [5.41, 5.74) is 7.35. The smallest absolute Gasteiger partial charge is 0.0665 e. The molecule has 0 aromatic heterocycles. The topological polar surface area (TPSA) is 24.7 Å². The summed E-state index contributed by atoms with van der Waals surface area (Å²) in [5.74, 6) is 0. The highest BCUT2D eigenvalue weighted by molar-refractivity contribution is 6.43. The number of unbranched alkanes of at least 4 members (excludes halogenated alkanes) is 34. The summed E-state index contributed by atoms with van der Waals surface area (Å²) in [6, 6.07) is 17.8. The fourth-order valence-corrected chi connectivity index (χ4v) is 9.67. The molecule has 2 heteroatoms. The zero-order valence-electron chi connectivity index (χ0n) is 45.2. The first kappa shape index (κ1) is 60.4. The lowest BCUT2D eigenvalue weighted by Crippen LogP contribution is -2.13. The van der Waals surface area contributed by atoms with Gasteiger partial charge in [0.15, 0.2) is 0 Å². The molecule has 67 heavy (non-hydrogen) atoms. The van der Waals surface area contributed by atoms with E-state index < -0.39 is 0 Å². The Morgan fingerprint density at radius 1 is 0.313 bits per heavy atom. The highest BCUT2D eigenvalue weighted by Crippen LogP contribution is 2.26. The Hall–Kier alpha value is -2.74. The summed E-state index contributed by atoms with van der Waals surface area (Å²) < 4.78 is 0. The molecule has 2 nitrogen and oxygen atoms in total. The van der Waals surface area contributed by atoms with E-state index in [1.165, 1.54) is 248 Å². The highest BCUT2D eigenvalue weighted by Gasteiger charge is 2.12. The molecule has 0 spiro atoms. The van der Waals surface area contributed by atoms with Gasteiger partial charge in [0.1, 0.15) is 0 Å². The van der Waals surface area contributed by atoms with Crippen LogP contribution in [0.4, 0.5) is 11.4 Å². The van der Waals surface area contributed by atoms with Gasteiger partial charge in [-0.15, -0.1) is 0 Å². The van der Waals surface area contributed by atoms with E-state index in [1.54, 1.807) is 0 Å². The van der Waals surface area contributed by atoms with Crippen LogP contribution in [-0.2, 0) is 12.8 Å². The van der Waals surface area contributed by atoms with Gasteiger partial charge in [0, 0.05) is 0 Å². The number of para-hydroxylation sites is 2. The third kappa shape index (κ3) is 35.1. The van der Waals surface area contributed by atoms with Crippen LogP contribution in [0.15, 0.2) is 82.8 Å². The number of hydrogen-bond acceptors (Lipinski definition) is 2. The van der Waals surface area contributed by atoms with Gasteiger partial charge in [0.05, 0.1) is 22.8 Å². The molecule has 0 fully saturated rings. The minimum atomic E-state index is 0.896. The first-order valence-corrected chi connectivity index (χ1v) is 29.8. The number of aryl methyl sites for hydroxylation is 2. The van der Waals surface area contributed by atoms with E-state index in [9.17, 15) is 0 Å². The normalized spacial score (nSPS) is 12.4. The van der Waals surface area contributed by atoms with E-state index in [4.69, 9.17) is 9.98 Å². The molecule has 2 rings (SSSR count). The van der Waals surface area contributed by atoms with Crippen molar-refractivity contribution in [3.63, 3.8) is 0 Å². The monoisotopic (exact) mass is 919 g/mol. The molecular weight excluding hydrogens is 809 g/mol. The van der Waals surface area contributed by atoms with Crippen molar-refractivity contribution in [3.8, 4) is 0 Å². The molecule has 0 unspecified atom stereocenters. The zero-order chi connectivity index (χ0) is 47.8. The lowest BCUT2D eigenvalue weighted by atomic mass is 10.0. The van der Waals surface area contributed by atoms with Crippen molar-refractivity contribution in [2.75, 3.05) is 0 Å². The van der Waals surface area contributed by atoms with Crippen molar-refractivity contribution in [2.24, 2.45) is 9.98 Å². The van der Waals surface area contributed by atoms with Gasteiger partial charge in [0.2, 0.25) is 0 Å². The summed E-state index contributed by atoms with van der Waals surface area (Å²) in [7, 11) is 0. The van der Waals surface area contributed by atoms with Gasteiger partial charge in [0.25, 0.3) is 0 Å². The van der Waals surface area contributed by atoms with Crippen LogP contribution >= 0.6 is 0 Å². The Morgan fingerprint density at radius 3 is 0.940 bits per heavy atom. The number of rotatable bonds is 48. The molecule has 0 amide bonds. The first-order valence-electron chi connectivity index (χ1n) is 29.8. The molecule has 0 bridgehead atoms. The minimum absolute atomic E-state index is 0.896. The van der Waals surface area contributed by atoms with Gasteiger partial charge in [-0.2, -0.15) is 0 Å². The molecule has 0 N–H and O–H groups in total. The van der Waals surface area contributed by atoms with E-state index >= 15 is 0 Å². The van der Waals surface area contributed by atoms with Crippen LogP contribution in [0.1, 0.15) is 302 Å². The van der Waals surface area contributed by atoms with Crippen LogP contribution in [0.25, 0.3) is 0 Å².